The van der Waals surface area contributed by atoms with E-state index in [1.807, 2.05) is 0 Å². The maximum Gasteiger partial charge on any atom is 0.225 e. The molecule has 3 heterocycles. The second-order valence-corrected chi connectivity index (χ2v) is 8.22. The van der Waals surface area contributed by atoms with Gasteiger partial charge in [0.15, 0.2) is 0 Å². The molecule has 1 amide bonds. The van der Waals surface area contributed by atoms with Crippen molar-refractivity contribution in [3.63, 3.8) is 0 Å². The van der Waals surface area contributed by atoms with Gasteiger partial charge >= 0.3 is 0 Å². The van der Waals surface area contributed by atoms with Crippen molar-refractivity contribution < 1.29 is 4.79 Å². The zero-order chi connectivity index (χ0) is 17.2. The van der Waals surface area contributed by atoms with Crippen LogP contribution in [0.2, 0.25) is 0 Å². The van der Waals surface area contributed by atoms with Gasteiger partial charge in [-0.1, -0.05) is 6.92 Å². The number of rotatable bonds is 4. The Hall–Kier alpha value is -1.29. The number of amides is 1. The molecule has 0 spiro atoms. The molecule has 1 aromatic rings. The number of hydrogen-bond donors (Lipinski definition) is 0. The van der Waals surface area contributed by atoms with Crippen molar-refractivity contribution in [2.24, 2.45) is 5.92 Å². The van der Waals surface area contributed by atoms with Crippen LogP contribution in [0.3, 0.4) is 0 Å². The van der Waals surface area contributed by atoms with Gasteiger partial charge in [-0.15, -0.1) is 0 Å². The molecule has 1 aromatic heterocycles. The normalized spacial score (nSPS) is 33.9. The summed E-state index contributed by atoms with van der Waals surface area (Å²) >= 11 is 0. The second kappa shape index (κ2) is 7.53. The van der Waals surface area contributed by atoms with E-state index in [1.54, 1.807) is 0 Å². The number of aromatic nitrogens is 1. The first kappa shape index (κ1) is 17.1. The van der Waals surface area contributed by atoms with E-state index in [1.165, 1.54) is 32.2 Å². The average molecular weight is 344 g/mol. The molecular formula is C21H33N3O. The molecule has 3 fully saturated rings. The lowest BCUT2D eigenvalue weighted by molar-refractivity contribution is -0.138. The Morgan fingerprint density at radius 3 is 2.32 bits per heavy atom. The lowest BCUT2D eigenvalue weighted by Gasteiger charge is -2.37. The minimum Gasteiger partial charge on any atom is -0.351 e. The summed E-state index contributed by atoms with van der Waals surface area (Å²) in [4.78, 5) is 18.2. The SMILES string of the molecule is CCN1CCC[C@H]1[C@@H]1CCCN1C(=O)C1CCC(n2cccc2)CC1. The summed E-state index contributed by atoms with van der Waals surface area (Å²) in [5, 5.41) is 0. The molecule has 25 heavy (non-hydrogen) atoms. The van der Waals surface area contributed by atoms with Gasteiger partial charge in [-0.3, -0.25) is 9.69 Å². The average Bonchev–Trinajstić information content (AvgIpc) is 3.41. The van der Waals surface area contributed by atoms with Crippen LogP contribution in [-0.4, -0.2) is 52.0 Å². The largest absolute Gasteiger partial charge is 0.351 e. The minimum atomic E-state index is 0.267. The molecular weight excluding hydrogens is 310 g/mol. The predicted octanol–water partition coefficient (Wildman–Crippen LogP) is 3.69. The van der Waals surface area contributed by atoms with Gasteiger partial charge < -0.3 is 9.47 Å². The van der Waals surface area contributed by atoms with Gasteiger partial charge in [0, 0.05) is 43.0 Å². The molecule has 138 valence electrons. The van der Waals surface area contributed by atoms with Gasteiger partial charge in [0.2, 0.25) is 5.91 Å². The van der Waals surface area contributed by atoms with Crippen molar-refractivity contribution in [3.8, 4) is 0 Å². The molecule has 0 unspecified atom stereocenters. The zero-order valence-electron chi connectivity index (χ0n) is 15.6. The summed E-state index contributed by atoms with van der Waals surface area (Å²) in [7, 11) is 0. The van der Waals surface area contributed by atoms with Gasteiger partial charge in [-0.2, -0.15) is 0 Å². The lowest BCUT2D eigenvalue weighted by atomic mass is 9.84. The molecule has 2 aliphatic heterocycles. The summed E-state index contributed by atoms with van der Waals surface area (Å²) in [5.74, 6) is 0.736. The number of likely N-dealkylation sites (N-methyl/N-ethyl adjacent to an activating group) is 1. The maximum absolute atomic E-state index is 13.3. The van der Waals surface area contributed by atoms with E-state index in [0.717, 1.165) is 38.8 Å². The molecule has 4 rings (SSSR count). The van der Waals surface area contributed by atoms with Crippen LogP contribution >= 0.6 is 0 Å². The van der Waals surface area contributed by atoms with Crippen molar-refractivity contribution in [2.45, 2.75) is 76.4 Å². The summed E-state index contributed by atoms with van der Waals surface area (Å²) in [6, 6.07) is 5.91. The van der Waals surface area contributed by atoms with Crippen molar-refractivity contribution in [1.29, 1.82) is 0 Å². The lowest BCUT2D eigenvalue weighted by Crippen LogP contribution is -2.50. The summed E-state index contributed by atoms with van der Waals surface area (Å²) in [5.41, 5.74) is 0. The number of nitrogens with zero attached hydrogens (tertiary/aromatic N) is 3. The van der Waals surface area contributed by atoms with Gasteiger partial charge in [0.25, 0.3) is 0 Å². The molecule has 0 aromatic carbocycles. The van der Waals surface area contributed by atoms with E-state index in [0.29, 0.717) is 24.0 Å². The van der Waals surface area contributed by atoms with Crippen LogP contribution in [0.15, 0.2) is 24.5 Å². The van der Waals surface area contributed by atoms with Gasteiger partial charge in [0.1, 0.15) is 0 Å². The molecule has 1 saturated carbocycles. The fourth-order valence-corrected chi connectivity index (χ4v) is 5.59. The van der Waals surface area contributed by atoms with Crippen LogP contribution in [-0.2, 0) is 4.79 Å². The molecule has 4 nitrogen and oxygen atoms in total. The van der Waals surface area contributed by atoms with Gasteiger partial charge in [0.05, 0.1) is 0 Å². The van der Waals surface area contributed by atoms with Gasteiger partial charge in [-0.25, -0.2) is 0 Å². The van der Waals surface area contributed by atoms with E-state index < -0.39 is 0 Å². The highest BCUT2D eigenvalue weighted by Gasteiger charge is 2.41. The molecule has 0 radical (unpaired) electrons. The second-order valence-electron chi connectivity index (χ2n) is 8.22. The summed E-state index contributed by atoms with van der Waals surface area (Å²) in [6.07, 6.45) is 13.8. The fourth-order valence-electron chi connectivity index (χ4n) is 5.59. The number of carbonyl (C=O) groups excluding carboxylic acids is 1. The summed E-state index contributed by atoms with van der Waals surface area (Å²) < 4.78 is 2.33. The van der Waals surface area contributed by atoms with Crippen LogP contribution in [0.4, 0.5) is 0 Å². The van der Waals surface area contributed by atoms with Crippen molar-refractivity contribution in [2.75, 3.05) is 19.6 Å². The van der Waals surface area contributed by atoms with E-state index in [4.69, 9.17) is 0 Å². The first-order valence-electron chi connectivity index (χ1n) is 10.4. The molecule has 4 heteroatoms. The zero-order valence-corrected chi connectivity index (χ0v) is 15.6. The third kappa shape index (κ3) is 3.38. The third-order valence-corrected chi connectivity index (χ3v) is 6.94. The van der Waals surface area contributed by atoms with Crippen molar-refractivity contribution in [3.05, 3.63) is 24.5 Å². The third-order valence-electron chi connectivity index (χ3n) is 6.94. The first-order chi connectivity index (χ1) is 12.3. The smallest absolute Gasteiger partial charge is 0.225 e. The van der Waals surface area contributed by atoms with Gasteiger partial charge in [-0.05, 0) is 76.6 Å². The molecule has 2 atom stereocenters. The molecule has 3 aliphatic rings. The Kier molecular flexibility index (Phi) is 5.16. The van der Waals surface area contributed by atoms with Crippen molar-refractivity contribution in [1.82, 2.24) is 14.4 Å². The molecule has 0 bridgehead atoms. The van der Waals surface area contributed by atoms with E-state index in [-0.39, 0.29) is 5.92 Å². The Labute approximate surface area is 152 Å². The van der Waals surface area contributed by atoms with E-state index in [9.17, 15) is 4.79 Å². The molecule has 0 N–H and O–H groups in total. The Balaban J connectivity index is 1.37. The van der Waals surface area contributed by atoms with Crippen LogP contribution < -0.4 is 0 Å². The minimum absolute atomic E-state index is 0.267. The van der Waals surface area contributed by atoms with E-state index >= 15 is 0 Å². The Bertz CT molecular complexity index is 562. The van der Waals surface area contributed by atoms with Crippen LogP contribution in [0.25, 0.3) is 0 Å². The topological polar surface area (TPSA) is 28.5 Å². The number of hydrogen-bond acceptors (Lipinski definition) is 2. The maximum atomic E-state index is 13.3. The summed E-state index contributed by atoms with van der Waals surface area (Å²) in [6.45, 7) is 5.61. The van der Waals surface area contributed by atoms with Crippen LogP contribution in [0, 0.1) is 5.92 Å². The highest BCUT2D eigenvalue weighted by atomic mass is 16.2. The predicted molar refractivity (Wildman–Crippen MR) is 100 cm³/mol. The van der Waals surface area contributed by atoms with Crippen LogP contribution in [0.5, 0.6) is 0 Å². The fraction of sp³-hybridized carbons (Fsp3) is 0.762. The molecule has 1 aliphatic carbocycles. The van der Waals surface area contributed by atoms with E-state index in [2.05, 4.69) is 45.8 Å². The number of carbonyl (C=O) groups is 1. The molecule has 2 saturated heterocycles. The Morgan fingerprint density at radius 1 is 0.920 bits per heavy atom. The first-order valence-corrected chi connectivity index (χ1v) is 10.4. The van der Waals surface area contributed by atoms with Crippen molar-refractivity contribution >= 4 is 5.91 Å². The highest BCUT2D eigenvalue weighted by molar-refractivity contribution is 5.79. The highest BCUT2D eigenvalue weighted by Crippen LogP contribution is 2.36. The standard InChI is InChI=1S/C21H33N3O/c1-2-22-15-5-7-19(22)20-8-6-16-24(20)21(25)17-9-11-18(12-10-17)23-13-3-4-14-23/h3-4,13-14,17-20H,2,5-12,15-16H2,1H3/t17?,18?,19-,20-/m0/s1. The monoisotopic (exact) mass is 343 g/mol. The quantitative estimate of drug-likeness (QED) is 0.834. The number of likely N-dealkylation sites (tertiary alicyclic amines) is 2. The Morgan fingerprint density at radius 2 is 1.60 bits per heavy atom. The van der Waals surface area contributed by atoms with Crippen LogP contribution in [0.1, 0.15) is 64.3 Å².